The second kappa shape index (κ2) is 5.19. The Kier molecular flexibility index (Phi) is 3.64. The number of hydrogen-bond donors (Lipinski definition) is 2. The molecule has 0 saturated carbocycles. The fraction of sp³-hybridized carbons (Fsp3) is 0.462. The van der Waals surface area contributed by atoms with Gasteiger partial charge in [0.2, 0.25) is 0 Å². The van der Waals surface area contributed by atoms with E-state index in [2.05, 4.69) is 18.3 Å². The fourth-order valence-corrected chi connectivity index (χ4v) is 2.36. The van der Waals surface area contributed by atoms with Crippen LogP contribution in [0.4, 0.5) is 0 Å². The Hall–Kier alpha value is -1.55. The van der Waals surface area contributed by atoms with E-state index < -0.39 is 5.91 Å². The lowest BCUT2D eigenvalue weighted by atomic mass is 10.1. The summed E-state index contributed by atoms with van der Waals surface area (Å²) in [6.45, 7) is 3.00. The van der Waals surface area contributed by atoms with E-state index in [-0.39, 0.29) is 6.61 Å². The summed E-state index contributed by atoms with van der Waals surface area (Å²) in [5.74, 6) is 0.352. The van der Waals surface area contributed by atoms with Crippen molar-refractivity contribution in [2.45, 2.75) is 25.8 Å². The highest BCUT2D eigenvalue weighted by Crippen LogP contribution is 2.36. The second-order valence-corrected chi connectivity index (χ2v) is 4.23. The van der Waals surface area contributed by atoms with Crippen LogP contribution in [0.5, 0.6) is 5.75 Å². The van der Waals surface area contributed by atoms with E-state index in [0.717, 1.165) is 25.1 Å². The molecule has 1 amide bonds. The third-order valence-corrected chi connectivity index (χ3v) is 3.05. The molecule has 1 aliphatic carbocycles. The van der Waals surface area contributed by atoms with E-state index in [4.69, 9.17) is 10.5 Å². The molecule has 1 atom stereocenters. The van der Waals surface area contributed by atoms with Gasteiger partial charge in [0.1, 0.15) is 5.75 Å². The lowest BCUT2D eigenvalue weighted by molar-refractivity contribution is -0.119. The highest BCUT2D eigenvalue weighted by atomic mass is 16.5. The zero-order valence-corrected chi connectivity index (χ0v) is 10.0. The summed E-state index contributed by atoms with van der Waals surface area (Å²) < 4.78 is 5.43. The molecule has 0 bridgehead atoms. The van der Waals surface area contributed by atoms with Gasteiger partial charge in [-0.3, -0.25) is 4.79 Å². The zero-order valence-electron chi connectivity index (χ0n) is 10.0. The van der Waals surface area contributed by atoms with Gasteiger partial charge in [0.15, 0.2) is 6.61 Å². The molecule has 2 rings (SSSR count). The zero-order chi connectivity index (χ0) is 12.3. The molecule has 92 valence electrons. The summed E-state index contributed by atoms with van der Waals surface area (Å²) in [6.07, 6.45) is 2.07. The number of rotatable bonds is 5. The van der Waals surface area contributed by atoms with Gasteiger partial charge < -0.3 is 15.8 Å². The van der Waals surface area contributed by atoms with Gasteiger partial charge in [-0.15, -0.1) is 0 Å². The Bertz CT molecular complexity index is 418. The van der Waals surface area contributed by atoms with Crippen molar-refractivity contribution < 1.29 is 9.53 Å². The van der Waals surface area contributed by atoms with Crippen molar-refractivity contribution in [3.8, 4) is 5.75 Å². The first-order valence-electron chi connectivity index (χ1n) is 5.98. The third kappa shape index (κ3) is 2.58. The standard InChI is InChI=1S/C13H18N2O2/c1-2-15-11-7-6-10-9(11)4-3-5-12(10)17-8-13(14)16/h3-5,11,15H,2,6-8H2,1H3,(H2,14,16). The molecule has 4 nitrogen and oxygen atoms in total. The molecule has 0 spiro atoms. The molecule has 0 aromatic heterocycles. The monoisotopic (exact) mass is 234 g/mol. The van der Waals surface area contributed by atoms with Crippen molar-refractivity contribution in [3.05, 3.63) is 29.3 Å². The quantitative estimate of drug-likeness (QED) is 0.803. The Morgan fingerprint density at radius 2 is 2.41 bits per heavy atom. The van der Waals surface area contributed by atoms with Crippen molar-refractivity contribution in [2.24, 2.45) is 5.73 Å². The number of fused-ring (bicyclic) bond motifs is 1. The maximum Gasteiger partial charge on any atom is 0.255 e. The van der Waals surface area contributed by atoms with Gasteiger partial charge >= 0.3 is 0 Å². The minimum atomic E-state index is -0.441. The average Bonchev–Trinajstić information content (AvgIpc) is 2.71. The largest absolute Gasteiger partial charge is 0.483 e. The van der Waals surface area contributed by atoms with Crippen LogP contribution in [0.2, 0.25) is 0 Å². The molecule has 0 saturated heterocycles. The molecular weight excluding hydrogens is 216 g/mol. The van der Waals surface area contributed by atoms with Crippen LogP contribution in [0.15, 0.2) is 18.2 Å². The summed E-state index contributed by atoms with van der Waals surface area (Å²) in [4.78, 5) is 10.7. The highest BCUT2D eigenvalue weighted by Gasteiger charge is 2.24. The van der Waals surface area contributed by atoms with E-state index in [9.17, 15) is 4.79 Å². The Morgan fingerprint density at radius 3 is 3.12 bits per heavy atom. The van der Waals surface area contributed by atoms with Crippen LogP contribution in [0.25, 0.3) is 0 Å². The maximum absolute atomic E-state index is 10.7. The van der Waals surface area contributed by atoms with Gasteiger partial charge in [-0.2, -0.15) is 0 Å². The number of ether oxygens (including phenoxy) is 1. The van der Waals surface area contributed by atoms with Crippen LogP contribution in [-0.4, -0.2) is 19.1 Å². The fourth-order valence-electron chi connectivity index (χ4n) is 2.36. The SMILES string of the molecule is CCNC1CCc2c(OCC(N)=O)cccc21. The van der Waals surface area contributed by atoms with Gasteiger partial charge in [0, 0.05) is 6.04 Å². The van der Waals surface area contributed by atoms with Crippen LogP contribution in [0.1, 0.15) is 30.5 Å². The number of benzene rings is 1. The first-order valence-corrected chi connectivity index (χ1v) is 5.98. The third-order valence-electron chi connectivity index (χ3n) is 3.05. The lowest BCUT2D eigenvalue weighted by Gasteiger charge is -2.13. The van der Waals surface area contributed by atoms with E-state index >= 15 is 0 Å². The highest BCUT2D eigenvalue weighted by molar-refractivity contribution is 5.75. The Labute approximate surface area is 101 Å². The van der Waals surface area contributed by atoms with Gasteiger partial charge in [-0.05, 0) is 36.6 Å². The minimum Gasteiger partial charge on any atom is -0.483 e. The molecule has 4 heteroatoms. The summed E-state index contributed by atoms with van der Waals surface area (Å²) in [7, 11) is 0. The topological polar surface area (TPSA) is 64.3 Å². The number of carbonyl (C=O) groups is 1. The predicted octanol–water partition coefficient (Wildman–Crippen LogP) is 1.15. The van der Waals surface area contributed by atoms with Crippen molar-refractivity contribution >= 4 is 5.91 Å². The molecule has 0 fully saturated rings. The number of primary amides is 1. The van der Waals surface area contributed by atoms with E-state index in [1.807, 2.05) is 12.1 Å². The van der Waals surface area contributed by atoms with E-state index in [1.54, 1.807) is 0 Å². The van der Waals surface area contributed by atoms with Crippen LogP contribution >= 0.6 is 0 Å². The van der Waals surface area contributed by atoms with Crippen LogP contribution < -0.4 is 15.8 Å². The van der Waals surface area contributed by atoms with Crippen molar-refractivity contribution in [1.82, 2.24) is 5.32 Å². The molecular formula is C13H18N2O2. The lowest BCUT2D eigenvalue weighted by Crippen LogP contribution is -2.20. The first-order chi connectivity index (χ1) is 8.22. The number of hydrogen-bond acceptors (Lipinski definition) is 3. The number of nitrogens with one attached hydrogen (secondary N) is 1. The van der Waals surface area contributed by atoms with Crippen LogP contribution in [0.3, 0.4) is 0 Å². The van der Waals surface area contributed by atoms with E-state index in [1.165, 1.54) is 11.1 Å². The molecule has 0 aliphatic heterocycles. The Morgan fingerprint density at radius 1 is 1.59 bits per heavy atom. The van der Waals surface area contributed by atoms with Crippen molar-refractivity contribution in [1.29, 1.82) is 0 Å². The maximum atomic E-state index is 10.7. The average molecular weight is 234 g/mol. The van der Waals surface area contributed by atoms with Gasteiger partial charge in [-0.1, -0.05) is 19.1 Å². The van der Waals surface area contributed by atoms with Gasteiger partial charge in [0.25, 0.3) is 5.91 Å². The van der Waals surface area contributed by atoms with Crippen LogP contribution in [0, 0.1) is 0 Å². The second-order valence-electron chi connectivity index (χ2n) is 4.23. The summed E-state index contributed by atoms with van der Waals surface area (Å²) >= 11 is 0. The van der Waals surface area contributed by atoms with Crippen LogP contribution in [-0.2, 0) is 11.2 Å². The molecule has 17 heavy (non-hydrogen) atoms. The number of amides is 1. The van der Waals surface area contributed by atoms with Crippen molar-refractivity contribution in [2.75, 3.05) is 13.2 Å². The number of nitrogens with two attached hydrogens (primary N) is 1. The Balaban J connectivity index is 2.17. The summed E-state index contributed by atoms with van der Waals surface area (Å²) in [6, 6.07) is 6.39. The molecule has 1 aromatic rings. The summed E-state index contributed by atoms with van der Waals surface area (Å²) in [5, 5.41) is 3.45. The molecule has 1 unspecified atom stereocenters. The van der Waals surface area contributed by atoms with Gasteiger partial charge in [0.05, 0.1) is 0 Å². The molecule has 0 heterocycles. The normalized spacial score (nSPS) is 17.8. The predicted molar refractivity (Wildman–Crippen MR) is 65.9 cm³/mol. The van der Waals surface area contributed by atoms with Crippen molar-refractivity contribution in [3.63, 3.8) is 0 Å². The molecule has 0 radical (unpaired) electrons. The molecule has 3 N–H and O–H groups in total. The molecule has 1 aromatic carbocycles. The number of carbonyl (C=O) groups excluding carboxylic acids is 1. The molecule has 1 aliphatic rings. The van der Waals surface area contributed by atoms with E-state index in [0.29, 0.717) is 6.04 Å². The minimum absolute atomic E-state index is 0.0532. The first kappa shape index (κ1) is 11.9. The smallest absolute Gasteiger partial charge is 0.255 e. The van der Waals surface area contributed by atoms with Gasteiger partial charge in [-0.25, -0.2) is 0 Å². The summed E-state index contributed by atoms with van der Waals surface area (Å²) in [5.41, 5.74) is 7.58.